The summed E-state index contributed by atoms with van der Waals surface area (Å²) in [6.07, 6.45) is 1.61. The molecule has 24 heavy (non-hydrogen) atoms. The van der Waals surface area contributed by atoms with Gasteiger partial charge in [-0.2, -0.15) is 4.98 Å². The van der Waals surface area contributed by atoms with Crippen molar-refractivity contribution < 1.29 is 4.39 Å². The highest BCUT2D eigenvalue weighted by molar-refractivity contribution is 6.31. The van der Waals surface area contributed by atoms with Crippen molar-refractivity contribution in [2.75, 3.05) is 10.6 Å². The van der Waals surface area contributed by atoms with Crippen LogP contribution in [0.15, 0.2) is 48.7 Å². The highest BCUT2D eigenvalue weighted by Gasteiger charge is 2.05. The van der Waals surface area contributed by atoms with Crippen molar-refractivity contribution in [3.8, 4) is 0 Å². The van der Waals surface area contributed by atoms with E-state index in [0.29, 0.717) is 22.5 Å². The van der Waals surface area contributed by atoms with E-state index < -0.39 is 5.82 Å². The summed E-state index contributed by atoms with van der Waals surface area (Å²) in [4.78, 5) is 8.49. The van der Waals surface area contributed by atoms with Gasteiger partial charge >= 0.3 is 0 Å². The third-order valence-electron chi connectivity index (χ3n) is 3.28. The van der Waals surface area contributed by atoms with Crippen LogP contribution in [0.4, 0.5) is 27.5 Å². The number of hydrogen-bond donors (Lipinski definition) is 2. The lowest BCUT2D eigenvalue weighted by Crippen LogP contribution is -2.00. The molecule has 0 atom stereocenters. The second-order valence-electron chi connectivity index (χ2n) is 5.11. The molecule has 0 amide bonds. The van der Waals surface area contributed by atoms with Crippen LogP contribution in [-0.4, -0.2) is 9.97 Å². The van der Waals surface area contributed by atoms with Gasteiger partial charge < -0.3 is 10.6 Å². The number of rotatable bonds is 4. The monoisotopic (exact) mass is 362 g/mol. The van der Waals surface area contributed by atoms with Gasteiger partial charge in [0.05, 0.1) is 5.02 Å². The van der Waals surface area contributed by atoms with Gasteiger partial charge in [-0.05, 0) is 48.9 Å². The number of benzene rings is 2. The predicted octanol–water partition coefficient (Wildman–Crippen LogP) is 5.72. The molecular formula is C17H13Cl2FN4. The highest BCUT2D eigenvalue weighted by atomic mass is 35.5. The van der Waals surface area contributed by atoms with Gasteiger partial charge in [-0.15, -0.1) is 0 Å². The van der Waals surface area contributed by atoms with Crippen molar-refractivity contribution in [1.82, 2.24) is 9.97 Å². The first-order valence-electron chi connectivity index (χ1n) is 7.09. The minimum atomic E-state index is -0.477. The molecule has 0 saturated carbocycles. The topological polar surface area (TPSA) is 49.8 Å². The highest BCUT2D eigenvalue weighted by Crippen LogP contribution is 2.24. The molecule has 2 N–H and O–H groups in total. The van der Waals surface area contributed by atoms with Crippen LogP contribution >= 0.6 is 23.2 Å². The van der Waals surface area contributed by atoms with Crippen LogP contribution in [0.2, 0.25) is 10.0 Å². The van der Waals surface area contributed by atoms with Crippen molar-refractivity contribution in [3.05, 3.63) is 70.1 Å². The molecule has 122 valence electrons. The third kappa shape index (κ3) is 3.93. The molecule has 0 unspecified atom stereocenters. The fourth-order valence-electron chi connectivity index (χ4n) is 2.01. The van der Waals surface area contributed by atoms with Crippen molar-refractivity contribution in [3.63, 3.8) is 0 Å². The van der Waals surface area contributed by atoms with E-state index in [4.69, 9.17) is 23.2 Å². The maximum Gasteiger partial charge on any atom is 0.229 e. The number of aryl methyl sites for hydroxylation is 1. The summed E-state index contributed by atoms with van der Waals surface area (Å²) in [6, 6.07) is 11.7. The normalized spacial score (nSPS) is 10.5. The van der Waals surface area contributed by atoms with Crippen LogP contribution < -0.4 is 10.6 Å². The third-order valence-corrected chi connectivity index (χ3v) is 3.97. The summed E-state index contributed by atoms with van der Waals surface area (Å²) in [5.41, 5.74) is 2.41. The Balaban J connectivity index is 1.78. The number of halogens is 3. The average molecular weight is 363 g/mol. The van der Waals surface area contributed by atoms with Crippen molar-refractivity contribution in [2.45, 2.75) is 6.92 Å². The van der Waals surface area contributed by atoms with Crippen molar-refractivity contribution in [1.29, 1.82) is 0 Å². The zero-order valence-corrected chi connectivity index (χ0v) is 14.2. The molecular weight excluding hydrogens is 350 g/mol. The quantitative estimate of drug-likeness (QED) is 0.623. The molecule has 2 aromatic carbocycles. The van der Waals surface area contributed by atoms with Gasteiger partial charge in [-0.25, -0.2) is 9.37 Å². The minimum Gasteiger partial charge on any atom is -0.340 e. The fourth-order valence-corrected chi connectivity index (χ4v) is 2.37. The van der Waals surface area contributed by atoms with E-state index in [0.717, 1.165) is 11.3 Å². The molecule has 0 radical (unpaired) electrons. The molecule has 4 nitrogen and oxygen atoms in total. The maximum atomic E-state index is 13.2. The second kappa shape index (κ2) is 7.03. The molecule has 0 aliphatic carbocycles. The van der Waals surface area contributed by atoms with Crippen LogP contribution in [0.3, 0.4) is 0 Å². The average Bonchev–Trinajstić information content (AvgIpc) is 2.55. The Hall–Kier alpha value is -2.37. The number of aromatic nitrogens is 2. The largest absolute Gasteiger partial charge is 0.340 e. The molecule has 0 spiro atoms. The summed E-state index contributed by atoms with van der Waals surface area (Å²) in [5, 5.41) is 6.84. The van der Waals surface area contributed by atoms with Crippen LogP contribution in [0, 0.1) is 12.7 Å². The molecule has 0 aliphatic rings. The van der Waals surface area contributed by atoms with Gasteiger partial charge in [-0.3, -0.25) is 0 Å². The second-order valence-corrected chi connectivity index (χ2v) is 5.92. The summed E-state index contributed by atoms with van der Waals surface area (Å²) in [7, 11) is 0. The Labute approximate surface area is 148 Å². The van der Waals surface area contributed by atoms with Gasteiger partial charge in [0.2, 0.25) is 5.95 Å². The Morgan fingerprint density at radius 2 is 1.62 bits per heavy atom. The van der Waals surface area contributed by atoms with E-state index >= 15 is 0 Å². The Bertz CT molecular complexity index is 817. The van der Waals surface area contributed by atoms with E-state index in [2.05, 4.69) is 20.6 Å². The van der Waals surface area contributed by atoms with Crippen molar-refractivity contribution in [2.24, 2.45) is 0 Å². The van der Waals surface area contributed by atoms with Crippen molar-refractivity contribution >= 4 is 46.3 Å². The van der Waals surface area contributed by atoms with E-state index in [1.807, 2.05) is 25.1 Å². The van der Waals surface area contributed by atoms with E-state index in [1.165, 1.54) is 12.1 Å². The number of hydrogen-bond acceptors (Lipinski definition) is 4. The number of nitrogens with one attached hydrogen (secondary N) is 2. The summed E-state index contributed by atoms with van der Waals surface area (Å²) in [6.45, 7) is 1.94. The first-order chi connectivity index (χ1) is 11.5. The zero-order chi connectivity index (χ0) is 17.1. The molecule has 1 heterocycles. The lowest BCUT2D eigenvalue weighted by atomic mass is 10.2. The minimum absolute atomic E-state index is 0.0311. The summed E-state index contributed by atoms with van der Waals surface area (Å²) < 4.78 is 13.2. The van der Waals surface area contributed by atoms with E-state index in [1.54, 1.807) is 18.3 Å². The predicted molar refractivity (Wildman–Crippen MR) is 96.2 cm³/mol. The lowest BCUT2D eigenvalue weighted by Gasteiger charge is -2.09. The SMILES string of the molecule is Cc1ccc(Nc2ccnc(Nc3ccc(F)c(Cl)c3)n2)cc1Cl. The van der Waals surface area contributed by atoms with E-state index in [9.17, 15) is 4.39 Å². The maximum absolute atomic E-state index is 13.2. The van der Waals surface area contributed by atoms with Crippen LogP contribution in [0.5, 0.6) is 0 Å². The molecule has 0 fully saturated rings. The van der Waals surface area contributed by atoms with Crippen LogP contribution in [-0.2, 0) is 0 Å². The van der Waals surface area contributed by atoms with Crippen LogP contribution in [0.25, 0.3) is 0 Å². The molecule has 0 aliphatic heterocycles. The Morgan fingerprint density at radius 1 is 0.917 bits per heavy atom. The summed E-state index contributed by atoms with van der Waals surface area (Å²) >= 11 is 11.9. The summed E-state index contributed by atoms with van der Waals surface area (Å²) in [5.74, 6) is 0.483. The van der Waals surface area contributed by atoms with Gasteiger partial charge in [0, 0.05) is 22.6 Å². The van der Waals surface area contributed by atoms with E-state index in [-0.39, 0.29) is 5.02 Å². The molecule has 3 aromatic rings. The zero-order valence-electron chi connectivity index (χ0n) is 12.6. The first-order valence-corrected chi connectivity index (χ1v) is 7.85. The standard InChI is InChI=1S/C17H13Cl2FN4/c1-10-2-3-11(8-13(10)18)22-16-6-7-21-17(24-16)23-12-4-5-15(20)14(19)9-12/h2-9H,1H3,(H2,21,22,23,24). The van der Waals surface area contributed by atoms with Gasteiger partial charge in [0.1, 0.15) is 11.6 Å². The molecule has 0 saturated heterocycles. The van der Waals surface area contributed by atoms with Gasteiger partial charge in [0.15, 0.2) is 0 Å². The van der Waals surface area contributed by atoms with Crippen LogP contribution in [0.1, 0.15) is 5.56 Å². The smallest absolute Gasteiger partial charge is 0.229 e. The fraction of sp³-hybridized carbons (Fsp3) is 0.0588. The number of anilines is 4. The molecule has 0 bridgehead atoms. The Kier molecular flexibility index (Phi) is 4.83. The van der Waals surface area contributed by atoms with Gasteiger partial charge in [0.25, 0.3) is 0 Å². The molecule has 1 aromatic heterocycles. The first kappa shape index (κ1) is 16.5. The number of nitrogens with zero attached hydrogens (tertiary/aromatic N) is 2. The molecule has 3 rings (SSSR count). The lowest BCUT2D eigenvalue weighted by molar-refractivity contribution is 0.628. The molecule has 7 heteroatoms. The Morgan fingerprint density at radius 3 is 2.38 bits per heavy atom. The van der Waals surface area contributed by atoms with Gasteiger partial charge in [-0.1, -0.05) is 29.3 Å².